The molecule has 0 aliphatic carbocycles. The summed E-state index contributed by atoms with van der Waals surface area (Å²) in [5.41, 5.74) is 5.39. The third-order valence-corrected chi connectivity index (χ3v) is 7.00. The lowest BCUT2D eigenvalue weighted by molar-refractivity contribution is 0.206. The van der Waals surface area contributed by atoms with Gasteiger partial charge in [-0.3, -0.25) is 4.90 Å². The van der Waals surface area contributed by atoms with Gasteiger partial charge in [-0.05, 0) is 62.4 Å². The highest BCUT2D eigenvalue weighted by atomic mass is 16.5. The Hall–Kier alpha value is -3.23. The van der Waals surface area contributed by atoms with Crippen LogP contribution in [0.1, 0.15) is 12.0 Å². The van der Waals surface area contributed by atoms with Crippen molar-refractivity contribution in [1.29, 1.82) is 0 Å². The number of nitrogens with zero attached hydrogens (tertiary/aromatic N) is 6. The number of aryl methyl sites for hydroxylation is 1. The van der Waals surface area contributed by atoms with Gasteiger partial charge in [0.05, 0.1) is 12.3 Å². The van der Waals surface area contributed by atoms with Crippen molar-refractivity contribution in [2.24, 2.45) is 0 Å². The van der Waals surface area contributed by atoms with Crippen molar-refractivity contribution in [2.45, 2.75) is 25.4 Å². The van der Waals surface area contributed by atoms with Crippen LogP contribution in [0, 0.1) is 6.92 Å². The molecule has 1 aromatic carbocycles. The van der Waals surface area contributed by atoms with Crippen LogP contribution in [0.4, 0.5) is 23.1 Å². The smallest absolute Gasteiger partial charge is 0.227 e. The number of rotatable bonds is 8. The van der Waals surface area contributed by atoms with Gasteiger partial charge < -0.3 is 19.9 Å². The summed E-state index contributed by atoms with van der Waals surface area (Å²) < 4.78 is 5.15. The van der Waals surface area contributed by atoms with E-state index in [0.717, 1.165) is 42.4 Å². The maximum atomic E-state index is 5.15. The molecule has 2 aromatic heterocycles. The Morgan fingerprint density at radius 1 is 1.12 bits per heavy atom. The second kappa shape index (κ2) is 9.56. The van der Waals surface area contributed by atoms with Gasteiger partial charge in [-0.15, -0.1) is 0 Å². The van der Waals surface area contributed by atoms with E-state index < -0.39 is 0 Å². The predicted molar refractivity (Wildman–Crippen MR) is 137 cm³/mol. The van der Waals surface area contributed by atoms with Crippen molar-refractivity contribution in [3.63, 3.8) is 0 Å². The molecule has 5 rings (SSSR count). The monoisotopic (exact) mass is 459 g/mol. The summed E-state index contributed by atoms with van der Waals surface area (Å²) in [6, 6.07) is 13.8. The van der Waals surface area contributed by atoms with Crippen LogP contribution >= 0.6 is 0 Å². The average molecular weight is 460 g/mol. The maximum Gasteiger partial charge on any atom is 0.227 e. The number of methoxy groups -OCH3 is 1. The van der Waals surface area contributed by atoms with Gasteiger partial charge in [-0.25, -0.2) is 15.0 Å². The Morgan fingerprint density at radius 2 is 2.00 bits per heavy atom. The van der Waals surface area contributed by atoms with Gasteiger partial charge in [0.1, 0.15) is 5.82 Å². The summed E-state index contributed by atoms with van der Waals surface area (Å²) in [6.45, 7) is 5.92. The van der Waals surface area contributed by atoms with Crippen LogP contribution in [0.2, 0.25) is 0 Å². The highest BCUT2D eigenvalue weighted by Gasteiger charge is 2.41. The Kier molecular flexibility index (Phi) is 6.34. The Morgan fingerprint density at radius 3 is 2.68 bits per heavy atom. The fourth-order valence-electron chi connectivity index (χ4n) is 5.03. The van der Waals surface area contributed by atoms with Gasteiger partial charge >= 0.3 is 0 Å². The van der Waals surface area contributed by atoms with E-state index >= 15 is 0 Å². The van der Waals surface area contributed by atoms with E-state index in [2.05, 4.69) is 62.2 Å². The molecule has 2 saturated heterocycles. The van der Waals surface area contributed by atoms with Crippen molar-refractivity contribution >= 4 is 23.1 Å². The normalized spacial score (nSPS) is 19.6. The number of benzene rings is 1. The molecule has 0 spiro atoms. The minimum Gasteiger partial charge on any atom is -0.383 e. The number of nitrogens with one attached hydrogen (secondary N) is 1. The van der Waals surface area contributed by atoms with Crippen LogP contribution in [-0.2, 0) is 4.74 Å². The molecular weight excluding hydrogens is 426 g/mol. The lowest BCUT2D eigenvalue weighted by Gasteiger charge is -2.34. The van der Waals surface area contributed by atoms with Gasteiger partial charge in [-0.2, -0.15) is 0 Å². The number of piperazine rings is 1. The summed E-state index contributed by atoms with van der Waals surface area (Å²) in [4.78, 5) is 20.9. The van der Waals surface area contributed by atoms with Gasteiger partial charge in [0.15, 0.2) is 0 Å². The Balaban J connectivity index is 1.27. The lowest BCUT2D eigenvalue weighted by Crippen LogP contribution is -2.44. The van der Waals surface area contributed by atoms with Crippen LogP contribution in [0.3, 0.4) is 0 Å². The van der Waals surface area contributed by atoms with Crippen molar-refractivity contribution in [3.8, 4) is 11.3 Å². The fourth-order valence-corrected chi connectivity index (χ4v) is 5.03. The minimum atomic E-state index is 0.577. The fraction of sp³-hybridized carbons (Fsp3) is 0.423. The lowest BCUT2D eigenvalue weighted by atomic mass is 10.1. The summed E-state index contributed by atoms with van der Waals surface area (Å²) in [6.07, 6.45) is 4.91. The van der Waals surface area contributed by atoms with Crippen LogP contribution in [-0.4, -0.2) is 79.4 Å². The summed E-state index contributed by atoms with van der Waals surface area (Å²) >= 11 is 0. The van der Waals surface area contributed by atoms with E-state index in [9.17, 15) is 0 Å². The first-order valence-electron chi connectivity index (χ1n) is 11.9. The molecule has 4 heterocycles. The SMILES string of the molecule is COCCN(C)c1ccc(-c2ccnc(Nc3ccc(N4C[C@@H]5C[C@H]4CN5C)c(C)c3)n2)cn1. The number of pyridine rings is 1. The standard InChI is InChI=1S/C26H33N7O/c1-18-13-20(6-7-24(18)33-17-21-14-22(33)16-32(21)3)29-26-27-10-9-23(30-26)19-5-8-25(28-15-19)31(2)11-12-34-4/h5-10,13,15,21-22H,11-12,14,16-17H2,1-4H3,(H,27,29,30)/t21-,22-/m0/s1. The van der Waals surface area contributed by atoms with E-state index in [1.165, 1.54) is 17.7 Å². The number of hydrogen-bond acceptors (Lipinski definition) is 8. The second-order valence-corrected chi connectivity index (χ2v) is 9.35. The number of fused-ring (bicyclic) bond motifs is 2. The van der Waals surface area contributed by atoms with Gasteiger partial charge in [0.25, 0.3) is 0 Å². The molecule has 0 amide bonds. The number of ether oxygens (including phenoxy) is 1. The molecule has 34 heavy (non-hydrogen) atoms. The third-order valence-electron chi connectivity index (χ3n) is 7.00. The first-order valence-corrected chi connectivity index (χ1v) is 11.9. The first-order chi connectivity index (χ1) is 16.5. The largest absolute Gasteiger partial charge is 0.383 e. The number of hydrogen-bond donors (Lipinski definition) is 1. The molecule has 3 aromatic rings. The number of likely N-dealkylation sites (tertiary alicyclic amines) is 1. The van der Waals surface area contributed by atoms with Crippen molar-refractivity contribution in [3.05, 3.63) is 54.4 Å². The van der Waals surface area contributed by atoms with E-state index in [1.807, 2.05) is 31.4 Å². The molecule has 8 heteroatoms. The molecule has 2 aliphatic heterocycles. The van der Waals surface area contributed by atoms with Crippen LogP contribution in [0.25, 0.3) is 11.3 Å². The zero-order valence-corrected chi connectivity index (χ0v) is 20.4. The highest BCUT2D eigenvalue weighted by Crippen LogP contribution is 2.36. The molecule has 8 nitrogen and oxygen atoms in total. The molecule has 2 atom stereocenters. The molecular formula is C26H33N7O. The maximum absolute atomic E-state index is 5.15. The van der Waals surface area contributed by atoms with Crippen molar-refractivity contribution in [2.75, 3.05) is 62.6 Å². The number of aromatic nitrogens is 3. The van der Waals surface area contributed by atoms with Gasteiger partial charge in [-0.1, -0.05) is 0 Å². The summed E-state index contributed by atoms with van der Waals surface area (Å²) in [7, 11) is 5.95. The summed E-state index contributed by atoms with van der Waals surface area (Å²) in [5.74, 6) is 1.48. The zero-order chi connectivity index (χ0) is 23.7. The second-order valence-electron chi connectivity index (χ2n) is 9.35. The van der Waals surface area contributed by atoms with Crippen LogP contribution < -0.4 is 15.1 Å². The third kappa shape index (κ3) is 4.56. The predicted octanol–water partition coefficient (Wildman–Crippen LogP) is 3.57. The molecule has 2 fully saturated rings. The molecule has 2 aliphatic rings. The highest BCUT2D eigenvalue weighted by molar-refractivity contribution is 5.66. The number of likely N-dealkylation sites (N-methyl/N-ethyl adjacent to an activating group) is 2. The molecule has 0 radical (unpaired) electrons. The van der Waals surface area contributed by atoms with Crippen molar-refractivity contribution < 1.29 is 4.74 Å². The van der Waals surface area contributed by atoms with Crippen LogP contribution in [0.15, 0.2) is 48.8 Å². The first kappa shape index (κ1) is 22.6. The van der Waals surface area contributed by atoms with Gasteiger partial charge in [0.2, 0.25) is 5.95 Å². The Labute approximate surface area is 201 Å². The van der Waals surface area contributed by atoms with E-state index in [-0.39, 0.29) is 0 Å². The van der Waals surface area contributed by atoms with E-state index in [4.69, 9.17) is 9.72 Å². The quantitative estimate of drug-likeness (QED) is 0.548. The summed E-state index contributed by atoms with van der Waals surface area (Å²) in [5, 5.41) is 3.38. The average Bonchev–Trinajstić information content (AvgIpc) is 3.42. The Bertz CT molecular complexity index is 1130. The number of anilines is 4. The van der Waals surface area contributed by atoms with E-state index in [1.54, 1.807) is 13.3 Å². The van der Waals surface area contributed by atoms with E-state index in [0.29, 0.717) is 24.6 Å². The molecule has 0 unspecified atom stereocenters. The minimum absolute atomic E-state index is 0.577. The molecule has 0 saturated carbocycles. The molecule has 178 valence electrons. The topological polar surface area (TPSA) is 69.7 Å². The van der Waals surface area contributed by atoms with Gasteiger partial charge in [0, 0.05) is 75.2 Å². The molecule has 1 N–H and O–H groups in total. The van der Waals surface area contributed by atoms with Crippen molar-refractivity contribution in [1.82, 2.24) is 19.9 Å². The zero-order valence-electron chi connectivity index (χ0n) is 20.4. The molecule has 2 bridgehead atoms. The van der Waals surface area contributed by atoms with Crippen LogP contribution in [0.5, 0.6) is 0 Å².